The molecular weight excluding hydrogens is 869 g/mol. The average Bonchev–Trinajstić information content (AvgIpc) is 3.88. The maximum Gasteiger partial charge on any atom is 0.330 e. The molecule has 2 saturated heterocycles. The topological polar surface area (TPSA) is 174 Å². The van der Waals surface area contributed by atoms with E-state index in [0.29, 0.717) is 34.8 Å². The molecule has 3 aromatic carbocycles. The molecule has 0 unspecified atom stereocenters. The lowest BCUT2D eigenvalue weighted by Gasteiger charge is -2.39. The quantitative estimate of drug-likeness (QED) is 0.0434. The number of H-pyrrole nitrogens is 2. The van der Waals surface area contributed by atoms with Gasteiger partial charge in [0.1, 0.15) is 35.7 Å². The van der Waals surface area contributed by atoms with Crippen LogP contribution >= 0.6 is 11.8 Å². The first-order valence-electron chi connectivity index (χ1n) is 21.7. The molecule has 7 rings (SSSR count). The highest BCUT2D eigenvalue weighted by molar-refractivity contribution is 7.99. The number of aromatic amines is 2. The highest BCUT2D eigenvalue weighted by Gasteiger charge is 2.46. The molecule has 5 aromatic rings. The Morgan fingerprint density at radius 3 is 1.66 bits per heavy atom. The first-order chi connectivity index (χ1) is 30.9. The van der Waals surface area contributed by atoms with Crippen LogP contribution in [0.3, 0.4) is 0 Å². The SMILES string of the molecule is COc1ccc(C(OC[C@H]2O[C@@H](n3cc(C)c(=O)[nH]c3=O)C[C@@H]2OCSC[C@H]2O[C@@H](n3cc(C)c(=O)[nH]c3=O)C[C@@H]2O[Si](C)(C)C(C)(C)C)(c2ccccc2)c2ccc(OC)cc2)cc1. The van der Waals surface area contributed by atoms with Crippen LogP contribution in [0, 0.1) is 13.8 Å². The third-order valence-corrected chi connectivity index (χ3v) is 18.2. The monoisotopic (exact) mass is 928 g/mol. The number of aryl methyl sites for hydroxylation is 2. The Kier molecular flexibility index (Phi) is 14.6. The van der Waals surface area contributed by atoms with Gasteiger partial charge in [-0.15, -0.1) is 11.8 Å². The average molecular weight is 929 g/mol. The predicted octanol–water partition coefficient (Wildman–Crippen LogP) is 6.77. The molecule has 2 N–H and O–H groups in total. The minimum atomic E-state index is -2.27. The highest BCUT2D eigenvalue weighted by Crippen LogP contribution is 2.44. The molecule has 2 aliphatic heterocycles. The number of aromatic nitrogens is 4. The smallest absolute Gasteiger partial charge is 0.330 e. The third-order valence-electron chi connectivity index (χ3n) is 12.8. The molecule has 0 aliphatic carbocycles. The van der Waals surface area contributed by atoms with Crippen LogP contribution in [0.25, 0.3) is 0 Å². The number of methoxy groups -OCH3 is 2. The van der Waals surface area contributed by atoms with Gasteiger partial charge in [0, 0.05) is 42.1 Å². The second kappa shape index (κ2) is 19.8. The molecule has 0 radical (unpaired) electrons. The summed E-state index contributed by atoms with van der Waals surface area (Å²) in [6, 6.07) is 25.4. The molecule has 6 atom stereocenters. The maximum absolute atomic E-state index is 13.2. The lowest BCUT2D eigenvalue weighted by Crippen LogP contribution is -2.46. The van der Waals surface area contributed by atoms with Crippen molar-refractivity contribution in [3.63, 3.8) is 0 Å². The molecule has 17 heteroatoms. The fourth-order valence-electron chi connectivity index (χ4n) is 8.08. The summed E-state index contributed by atoms with van der Waals surface area (Å²) in [5.41, 5.74) is 0.156. The first-order valence-corrected chi connectivity index (χ1v) is 25.8. The fourth-order valence-corrected chi connectivity index (χ4v) is 10.3. The second-order valence-corrected chi connectivity index (χ2v) is 23.8. The van der Waals surface area contributed by atoms with E-state index in [2.05, 4.69) is 43.8 Å². The van der Waals surface area contributed by atoms with Crippen LogP contribution in [0.4, 0.5) is 0 Å². The van der Waals surface area contributed by atoms with Crippen molar-refractivity contribution in [1.82, 2.24) is 19.1 Å². The molecule has 4 heterocycles. The van der Waals surface area contributed by atoms with Crippen LogP contribution in [-0.4, -0.2) is 84.4 Å². The van der Waals surface area contributed by atoms with Crippen LogP contribution < -0.4 is 32.0 Å². The summed E-state index contributed by atoms with van der Waals surface area (Å²) in [6.07, 6.45) is 0.439. The number of rotatable bonds is 17. The molecule has 0 amide bonds. The van der Waals surface area contributed by atoms with E-state index in [4.69, 9.17) is 32.8 Å². The summed E-state index contributed by atoms with van der Waals surface area (Å²) in [5.74, 6) is 2.09. The normalized spacial score (nSPS) is 21.4. The molecule has 0 spiro atoms. The van der Waals surface area contributed by atoms with E-state index in [-0.39, 0.29) is 30.1 Å². The Balaban J connectivity index is 1.16. The van der Waals surface area contributed by atoms with Gasteiger partial charge in [0.25, 0.3) is 11.1 Å². The summed E-state index contributed by atoms with van der Waals surface area (Å²) < 4.78 is 48.0. The summed E-state index contributed by atoms with van der Waals surface area (Å²) >= 11 is 1.52. The largest absolute Gasteiger partial charge is 0.497 e. The van der Waals surface area contributed by atoms with Gasteiger partial charge in [-0.25, -0.2) is 9.59 Å². The van der Waals surface area contributed by atoms with Crippen molar-refractivity contribution >= 4 is 20.1 Å². The third kappa shape index (κ3) is 10.4. The molecule has 65 heavy (non-hydrogen) atoms. The van der Waals surface area contributed by atoms with Crippen LogP contribution in [-0.2, 0) is 29.0 Å². The predicted molar refractivity (Wildman–Crippen MR) is 252 cm³/mol. The van der Waals surface area contributed by atoms with Crippen LogP contribution in [0.15, 0.2) is 110 Å². The highest BCUT2D eigenvalue weighted by atomic mass is 32.2. The zero-order valence-electron chi connectivity index (χ0n) is 38.5. The zero-order chi connectivity index (χ0) is 46.7. The molecular formula is C48H60N4O11SSi. The van der Waals surface area contributed by atoms with Crippen molar-refractivity contribution in [1.29, 1.82) is 0 Å². The Hall–Kier alpha value is -5.01. The van der Waals surface area contributed by atoms with E-state index in [1.807, 2.05) is 78.9 Å². The minimum Gasteiger partial charge on any atom is -0.497 e. The summed E-state index contributed by atoms with van der Waals surface area (Å²) in [7, 11) is 0.973. The van der Waals surface area contributed by atoms with Crippen LogP contribution in [0.5, 0.6) is 11.5 Å². The number of nitrogens with one attached hydrogen (secondary N) is 2. The van der Waals surface area contributed by atoms with Crippen molar-refractivity contribution in [3.05, 3.63) is 161 Å². The van der Waals surface area contributed by atoms with Crippen molar-refractivity contribution in [2.75, 3.05) is 32.5 Å². The summed E-state index contributed by atoms with van der Waals surface area (Å²) in [6.45, 7) is 14.2. The number of nitrogens with zero attached hydrogens (tertiary/aromatic N) is 2. The zero-order valence-corrected chi connectivity index (χ0v) is 40.3. The van der Waals surface area contributed by atoms with Gasteiger partial charge in [0.15, 0.2) is 8.32 Å². The number of hydrogen-bond acceptors (Lipinski definition) is 12. The van der Waals surface area contributed by atoms with Gasteiger partial charge in [-0.1, -0.05) is 75.4 Å². The van der Waals surface area contributed by atoms with Crippen molar-refractivity contribution in [3.8, 4) is 11.5 Å². The number of ether oxygens (including phenoxy) is 6. The van der Waals surface area contributed by atoms with Crippen molar-refractivity contribution in [2.45, 2.75) is 108 Å². The summed E-state index contributed by atoms with van der Waals surface area (Å²) in [5, 5.41) is -0.0709. The molecule has 348 valence electrons. The minimum absolute atomic E-state index is 0.0407. The molecule has 2 aliphatic rings. The molecule has 0 saturated carbocycles. The Morgan fingerprint density at radius 1 is 0.692 bits per heavy atom. The molecule has 15 nitrogen and oxygen atoms in total. The standard InChI is InChI=1S/C48H60N4O11SSi/c1-30-25-51(45(55)49-43(30)53)41-23-37(59-29-64-28-40-38(63-65(8,9)47(3,4)5)24-42(62-40)52-26-31(2)44(54)50-46(52)56)39(61-41)27-60-48(32-13-11-10-12-14-32,33-15-19-35(57-6)20-16-33)34-17-21-36(58-7)22-18-34/h10-22,25-26,37-42H,23-24,27-29H2,1-9H3,(H,49,53,55)(H,50,54,56)/t37-,38-,39+,40+,41+,42+/m0/s1. The number of hydrogen-bond donors (Lipinski definition) is 2. The maximum atomic E-state index is 13.2. The van der Waals surface area contributed by atoms with Crippen molar-refractivity contribution in [2.24, 2.45) is 0 Å². The lowest BCUT2D eigenvalue weighted by molar-refractivity contribution is -0.100. The van der Waals surface area contributed by atoms with E-state index in [1.165, 1.54) is 33.3 Å². The number of thioether (sulfide) groups is 1. The van der Waals surface area contributed by atoms with Crippen LogP contribution in [0.2, 0.25) is 18.1 Å². The van der Waals surface area contributed by atoms with Gasteiger partial charge in [-0.3, -0.25) is 28.7 Å². The first kappa shape index (κ1) is 47.9. The van der Waals surface area contributed by atoms with Gasteiger partial charge in [-0.05, 0) is 72.9 Å². The van der Waals surface area contributed by atoms with Gasteiger partial charge < -0.3 is 32.8 Å². The lowest BCUT2D eigenvalue weighted by atomic mass is 9.80. The van der Waals surface area contributed by atoms with Gasteiger partial charge in [0.2, 0.25) is 0 Å². The van der Waals surface area contributed by atoms with Crippen LogP contribution in [0.1, 0.15) is 73.9 Å². The van der Waals surface area contributed by atoms with Gasteiger partial charge in [-0.2, -0.15) is 0 Å². The van der Waals surface area contributed by atoms with E-state index in [9.17, 15) is 19.2 Å². The van der Waals surface area contributed by atoms with E-state index in [0.717, 1.165) is 16.7 Å². The van der Waals surface area contributed by atoms with E-state index >= 15 is 0 Å². The van der Waals surface area contributed by atoms with Crippen molar-refractivity contribution < 1.29 is 32.8 Å². The van der Waals surface area contributed by atoms with E-state index in [1.54, 1.807) is 28.1 Å². The Morgan fingerprint density at radius 2 is 1.17 bits per heavy atom. The molecule has 0 bridgehead atoms. The number of benzene rings is 3. The fraction of sp³-hybridized carbons (Fsp3) is 0.458. The Labute approximate surface area is 383 Å². The van der Waals surface area contributed by atoms with Gasteiger partial charge in [0.05, 0.1) is 45.1 Å². The molecule has 2 aromatic heterocycles. The van der Waals surface area contributed by atoms with E-state index < -0.39 is 67.2 Å². The second-order valence-electron chi connectivity index (χ2n) is 18.1. The molecule has 2 fully saturated rings. The van der Waals surface area contributed by atoms with Gasteiger partial charge >= 0.3 is 11.4 Å². The summed E-state index contributed by atoms with van der Waals surface area (Å²) in [4.78, 5) is 55.6. The Bertz CT molecular complexity index is 2590.